The Bertz CT molecular complexity index is 1810. The number of alkyl halides is 3. The van der Waals surface area contributed by atoms with Gasteiger partial charge in [-0.25, -0.2) is 17.9 Å². The van der Waals surface area contributed by atoms with Gasteiger partial charge in [-0.05, 0) is 111 Å². The highest BCUT2D eigenvalue weighted by atomic mass is 32.2. The van der Waals surface area contributed by atoms with E-state index in [1.54, 1.807) is 60.7 Å². The van der Waals surface area contributed by atoms with Crippen molar-refractivity contribution in [2.45, 2.75) is 49.1 Å². The van der Waals surface area contributed by atoms with E-state index in [1.165, 1.54) is 12.1 Å². The molecule has 1 saturated carbocycles. The Morgan fingerprint density at radius 2 is 1.30 bits per heavy atom. The van der Waals surface area contributed by atoms with Crippen molar-refractivity contribution in [3.05, 3.63) is 108 Å². The number of carbonyl (C=O) groups is 2. The first kappa shape index (κ1) is 33.3. The van der Waals surface area contributed by atoms with Crippen LogP contribution in [-0.2, 0) is 10.0 Å². The first-order chi connectivity index (χ1) is 22.3. The van der Waals surface area contributed by atoms with Crippen molar-refractivity contribution in [3.8, 4) is 23.0 Å². The standard InChI is InChI=1S/C33H29F3N2O8S/c34-33(35,36)46-27-17-19-28(20-18-27)47(42,43)38-22-7-11-24(12-8-22)45-26-15-13-25(14-16-26)44-23-9-5-21(6-10-23)31(39)37-30-4-2-1-3-29(30)32(40)41/h1-6,9-10,13-20,22,24,38H,7-8,11-12H2,(H,37,39)(H,40,41). The smallest absolute Gasteiger partial charge is 0.490 e. The number of sulfonamides is 1. The summed E-state index contributed by atoms with van der Waals surface area (Å²) in [6, 6.07) is 23.1. The van der Waals surface area contributed by atoms with Crippen LogP contribution in [0.5, 0.6) is 23.0 Å². The number of carboxylic acids is 1. The Morgan fingerprint density at radius 1 is 0.745 bits per heavy atom. The molecule has 0 bridgehead atoms. The molecule has 0 saturated heterocycles. The summed E-state index contributed by atoms with van der Waals surface area (Å²) in [5.41, 5.74) is 0.491. The number of carbonyl (C=O) groups excluding carboxylic acids is 1. The summed E-state index contributed by atoms with van der Waals surface area (Å²) in [4.78, 5) is 23.8. The van der Waals surface area contributed by atoms with Gasteiger partial charge in [0.05, 0.1) is 22.3 Å². The maximum Gasteiger partial charge on any atom is 0.573 e. The average molecular weight is 671 g/mol. The van der Waals surface area contributed by atoms with Gasteiger partial charge in [0.1, 0.15) is 23.0 Å². The zero-order valence-corrected chi connectivity index (χ0v) is 25.4. The molecule has 0 aromatic heterocycles. The first-order valence-corrected chi connectivity index (χ1v) is 15.9. The topological polar surface area (TPSA) is 140 Å². The average Bonchev–Trinajstić information content (AvgIpc) is 3.03. The molecular formula is C33H29F3N2O8S. The number of carboxylic acid groups (broad SMARTS) is 1. The van der Waals surface area contributed by atoms with Gasteiger partial charge < -0.3 is 24.6 Å². The number of anilines is 1. The first-order valence-electron chi connectivity index (χ1n) is 14.4. The third-order valence-corrected chi connectivity index (χ3v) is 8.78. The van der Waals surface area contributed by atoms with E-state index in [0.717, 1.165) is 24.3 Å². The van der Waals surface area contributed by atoms with Gasteiger partial charge in [-0.2, -0.15) is 0 Å². The van der Waals surface area contributed by atoms with Gasteiger partial charge in [0.25, 0.3) is 5.91 Å². The number of benzene rings is 4. The van der Waals surface area contributed by atoms with E-state index in [0.29, 0.717) is 48.5 Å². The van der Waals surface area contributed by atoms with Crippen LogP contribution in [0.4, 0.5) is 18.9 Å². The lowest BCUT2D eigenvalue weighted by Crippen LogP contribution is -2.39. The van der Waals surface area contributed by atoms with Gasteiger partial charge in [-0.15, -0.1) is 13.2 Å². The van der Waals surface area contributed by atoms with Gasteiger partial charge in [0.2, 0.25) is 10.0 Å². The second-order valence-electron chi connectivity index (χ2n) is 10.6. The lowest BCUT2D eigenvalue weighted by molar-refractivity contribution is -0.274. The van der Waals surface area contributed by atoms with Crippen molar-refractivity contribution in [2.75, 3.05) is 5.32 Å². The molecule has 0 unspecified atom stereocenters. The Balaban J connectivity index is 1.08. The fraction of sp³-hybridized carbons (Fsp3) is 0.212. The number of para-hydroxylation sites is 1. The molecule has 246 valence electrons. The van der Waals surface area contributed by atoms with Crippen LogP contribution in [0, 0.1) is 0 Å². The Hall–Kier alpha value is -5.08. The van der Waals surface area contributed by atoms with E-state index in [2.05, 4.69) is 14.8 Å². The van der Waals surface area contributed by atoms with Gasteiger partial charge in [0, 0.05) is 11.6 Å². The van der Waals surface area contributed by atoms with Crippen molar-refractivity contribution in [3.63, 3.8) is 0 Å². The van der Waals surface area contributed by atoms with E-state index >= 15 is 0 Å². The minimum absolute atomic E-state index is 0.0165. The largest absolute Gasteiger partial charge is 0.573 e. The number of amides is 1. The van der Waals surface area contributed by atoms with Crippen molar-refractivity contribution >= 4 is 27.6 Å². The fourth-order valence-corrected chi connectivity index (χ4v) is 6.27. The quantitative estimate of drug-likeness (QED) is 0.155. The molecule has 47 heavy (non-hydrogen) atoms. The summed E-state index contributed by atoms with van der Waals surface area (Å²) < 4.78 is 80.9. The summed E-state index contributed by atoms with van der Waals surface area (Å²) in [5, 5.41) is 11.9. The lowest BCUT2D eigenvalue weighted by Gasteiger charge is -2.29. The summed E-state index contributed by atoms with van der Waals surface area (Å²) >= 11 is 0. The minimum Gasteiger partial charge on any atom is -0.490 e. The normalized spacial score (nSPS) is 16.6. The van der Waals surface area contributed by atoms with E-state index in [9.17, 15) is 36.3 Å². The van der Waals surface area contributed by atoms with Crippen molar-refractivity contribution in [2.24, 2.45) is 0 Å². The van der Waals surface area contributed by atoms with Crippen LogP contribution in [0.25, 0.3) is 0 Å². The zero-order chi connectivity index (χ0) is 33.6. The molecule has 1 aliphatic carbocycles. The van der Waals surface area contributed by atoms with E-state index in [-0.39, 0.29) is 28.3 Å². The zero-order valence-electron chi connectivity index (χ0n) is 24.6. The molecule has 10 nitrogen and oxygen atoms in total. The maximum atomic E-state index is 12.7. The number of hydrogen-bond donors (Lipinski definition) is 3. The predicted octanol–water partition coefficient (Wildman–Crippen LogP) is 7.00. The molecule has 1 aliphatic rings. The maximum absolute atomic E-state index is 12.7. The second-order valence-corrected chi connectivity index (χ2v) is 12.3. The van der Waals surface area contributed by atoms with E-state index in [1.807, 2.05) is 0 Å². The van der Waals surface area contributed by atoms with Crippen LogP contribution >= 0.6 is 0 Å². The number of nitrogens with one attached hydrogen (secondary N) is 2. The molecule has 0 spiro atoms. The van der Waals surface area contributed by atoms with E-state index in [4.69, 9.17) is 9.47 Å². The molecule has 1 fully saturated rings. The van der Waals surface area contributed by atoms with Crippen LogP contribution in [0.1, 0.15) is 46.4 Å². The monoisotopic (exact) mass is 670 g/mol. The van der Waals surface area contributed by atoms with Crippen LogP contribution in [0.3, 0.4) is 0 Å². The van der Waals surface area contributed by atoms with Crippen LogP contribution in [0.2, 0.25) is 0 Å². The molecule has 0 aliphatic heterocycles. The highest BCUT2D eigenvalue weighted by Gasteiger charge is 2.31. The highest BCUT2D eigenvalue weighted by Crippen LogP contribution is 2.29. The molecule has 0 radical (unpaired) electrons. The summed E-state index contributed by atoms with van der Waals surface area (Å²) in [5.74, 6) is -0.505. The Morgan fingerprint density at radius 3 is 1.89 bits per heavy atom. The second kappa shape index (κ2) is 14.1. The molecule has 14 heteroatoms. The van der Waals surface area contributed by atoms with Gasteiger partial charge in [-0.1, -0.05) is 12.1 Å². The van der Waals surface area contributed by atoms with Crippen molar-refractivity contribution in [1.29, 1.82) is 0 Å². The molecule has 0 atom stereocenters. The number of rotatable bonds is 11. The third kappa shape index (κ3) is 9.24. The van der Waals surface area contributed by atoms with E-state index < -0.39 is 34.0 Å². The fourth-order valence-electron chi connectivity index (χ4n) is 4.97. The number of hydrogen-bond acceptors (Lipinski definition) is 7. The number of halogens is 3. The lowest BCUT2D eigenvalue weighted by atomic mass is 9.94. The molecular weight excluding hydrogens is 641 g/mol. The van der Waals surface area contributed by atoms with Crippen LogP contribution in [-0.4, -0.2) is 43.9 Å². The van der Waals surface area contributed by atoms with Crippen molar-refractivity contribution in [1.82, 2.24) is 4.72 Å². The Labute approximate surface area is 268 Å². The summed E-state index contributed by atoms with van der Waals surface area (Å²) in [6.45, 7) is 0. The molecule has 1 amide bonds. The molecule has 4 aromatic rings. The molecule has 5 rings (SSSR count). The summed E-state index contributed by atoms with van der Waals surface area (Å²) in [7, 11) is -3.93. The molecule has 4 aromatic carbocycles. The highest BCUT2D eigenvalue weighted by molar-refractivity contribution is 7.89. The van der Waals surface area contributed by atoms with Crippen molar-refractivity contribution < 1.29 is 50.5 Å². The van der Waals surface area contributed by atoms with Gasteiger partial charge >= 0.3 is 12.3 Å². The Kier molecular flexibility index (Phi) is 10.0. The van der Waals surface area contributed by atoms with Gasteiger partial charge in [-0.3, -0.25) is 4.79 Å². The van der Waals surface area contributed by atoms with Crippen LogP contribution in [0.15, 0.2) is 102 Å². The van der Waals surface area contributed by atoms with Crippen LogP contribution < -0.4 is 24.2 Å². The minimum atomic E-state index is -4.87. The number of ether oxygens (including phenoxy) is 3. The predicted molar refractivity (Wildman–Crippen MR) is 164 cm³/mol. The molecule has 0 heterocycles. The number of aromatic carboxylic acids is 1. The SMILES string of the molecule is O=C(Nc1ccccc1C(=O)O)c1ccc(Oc2ccc(OC3CCC(NS(=O)(=O)c4ccc(OC(F)(F)F)cc4)CC3)cc2)cc1. The van der Waals surface area contributed by atoms with Gasteiger partial charge in [0.15, 0.2) is 0 Å². The third-order valence-electron chi connectivity index (χ3n) is 7.25. The molecule has 3 N–H and O–H groups in total. The summed E-state index contributed by atoms with van der Waals surface area (Å²) in [6.07, 6.45) is -2.80.